The van der Waals surface area contributed by atoms with Gasteiger partial charge in [0, 0.05) is 23.3 Å². The molecule has 130 valence electrons. The first-order valence-corrected chi connectivity index (χ1v) is 8.38. The highest BCUT2D eigenvalue weighted by Crippen LogP contribution is 2.42. The van der Waals surface area contributed by atoms with Crippen LogP contribution in [0.3, 0.4) is 0 Å². The Kier molecular flexibility index (Phi) is 5.08. The molecule has 2 heterocycles. The summed E-state index contributed by atoms with van der Waals surface area (Å²) in [6.07, 6.45) is 9.28. The normalized spacial score (nSPS) is 23.3. The Morgan fingerprint density at radius 2 is 2.04 bits per heavy atom. The molecule has 2 aliphatic heterocycles. The average Bonchev–Trinajstić information content (AvgIpc) is 2.67. The van der Waals surface area contributed by atoms with Crippen molar-refractivity contribution in [1.29, 1.82) is 0 Å². The lowest BCUT2D eigenvalue weighted by atomic mass is 9.78. The van der Waals surface area contributed by atoms with E-state index in [1.54, 1.807) is 6.07 Å². The van der Waals surface area contributed by atoms with E-state index in [2.05, 4.69) is 21.7 Å². The molecule has 0 bridgehead atoms. The number of allylic oxidation sites excluding steroid dienone is 2. The third kappa shape index (κ3) is 3.12. The number of rotatable bonds is 3. The maximum absolute atomic E-state index is 9.51. The molecule has 25 heavy (non-hydrogen) atoms. The molecule has 1 unspecified atom stereocenters. The highest BCUT2D eigenvalue weighted by Gasteiger charge is 2.34. The Morgan fingerprint density at radius 3 is 2.68 bits per heavy atom. The molecule has 1 saturated heterocycles. The van der Waals surface area contributed by atoms with Crippen LogP contribution in [0, 0.1) is 18.3 Å². The van der Waals surface area contributed by atoms with E-state index in [0.29, 0.717) is 17.1 Å². The summed E-state index contributed by atoms with van der Waals surface area (Å²) >= 11 is 0. The predicted octanol–water partition coefficient (Wildman–Crippen LogP) is 1.67. The van der Waals surface area contributed by atoms with Gasteiger partial charge in [-0.15, -0.1) is 6.42 Å². The molecule has 6 heteroatoms. The van der Waals surface area contributed by atoms with Crippen LogP contribution >= 0.6 is 0 Å². The number of benzene rings is 1. The van der Waals surface area contributed by atoms with Gasteiger partial charge < -0.3 is 16.8 Å². The monoisotopic (exact) mass is 337 g/mol. The molecule has 1 atom stereocenters. The van der Waals surface area contributed by atoms with Gasteiger partial charge in [-0.1, -0.05) is 24.1 Å². The molecule has 2 aliphatic rings. The number of terminal acetylenes is 1. The van der Waals surface area contributed by atoms with Crippen LogP contribution in [0.15, 0.2) is 52.3 Å². The van der Waals surface area contributed by atoms with Crippen molar-refractivity contribution in [3.63, 3.8) is 0 Å². The number of para-hydroxylation sites is 1. The van der Waals surface area contributed by atoms with E-state index in [4.69, 9.17) is 17.9 Å². The first-order valence-electron chi connectivity index (χ1n) is 8.38. The molecule has 3 rings (SSSR count). The van der Waals surface area contributed by atoms with Gasteiger partial charge in [0.2, 0.25) is 0 Å². The zero-order valence-electron chi connectivity index (χ0n) is 14.0. The standard InChI is InChI=1S/C19H23N5O/c1-2-13-17(14-5-3-4-6-16(14)24-25)15(11-20)19(21)23-18(13)12-7-9-22-10-8-12/h1,3-6,11-12,17,22,24-25H,7-10,20H2,(H2,21,23)/b15-11-. The van der Waals surface area contributed by atoms with E-state index in [0.717, 1.165) is 42.8 Å². The number of anilines is 1. The molecule has 7 N–H and O–H groups in total. The van der Waals surface area contributed by atoms with Gasteiger partial charge in [0.15, 0.2) is 0 Å². The van der Waals surface area contributed by atoms with Gasteiger partial charge in [0.05, 0.1) is 17.3 Å². The van der Waals surface area contributed by atoms with Crippen LogP contribution in [0.4, 0.5) is 5.69 Å². The van der Waals surface area contributed by atoms with Gasteiger partial charge in [-0.3, -0.25) is 10.7 Å². The van der Waals surface area contributed by atoms with Crippen molar-refractivity contribution >= 4 is 11.5 Å². The minimum Gasteiger partial charge on any atom is -0.404 e. The number of aliphatic imine (C=N–C) groups is 1. The van der Waals surface area contributed by atoms with Crippen molar-refractivity contribution in [1.82, 2.24) is 5.32 Å². The van der Waals surface area contributed by atoms with Crippen LogP contribution in [0.5, 0.6) is 0 Å². The number of amidine groups is 1. The molecule has 0 spiro atoms. The molecule has 1 aromatic carbocycles. The largest absolute Gasteiger partial charge is 0.404 e. The van der Waals surface area contributed by atoms with Crippen LogP contribution in [-0.2, 0) is 0 Å². The van der Waals surface area contributed by atoms with E-state index in [9.17, 15) is 5.21 Å². The van der Waals surface area contributed by atoms with Crippen molar-refractivity contribution in [3.8, 4) is 12.3 Å². The van der Waals surface area contributed by atoms with Gasteiger partial charge in [0.25, 0.3) is 0 Å². The van der Waals surface area contributed by atoms with Gasteiger partial charge in [-0.25, -0.2) is 4.99 Å². The van der Waals surface area contributed by atoms with E-state index >= 15 is 0 Å². The Morgan fingerprint density at radius 1 is 1.32 bits per heavy atom. The van der Waals surface area contributed by atoms with Crippen molar-refractivity contribution in [2.45, 2.75) is 18.8 Å². The SMILES string of the molecule is C#CC1=C(C2CCNCC2)N=C(N)/C(=C\N)C1c1ccccc1NO. The number of piperidine rings is 1. The zero-order chi connectivity index (χ0) is 17.8. The molecule has 0 aliphatic carbocycles. The number of nitrogens with zero attached hydrogens (tertiary/aromatic N) is 1. The lowest BCUT2D eigenvalue weighted by molar-refractivity contribution is 0.388. The maximum atomic E-state index is 9.51. The topological polar surface area (TPSA) is 109 Å². The summed E-state index contributed by atoms with van der Waals surface area (Å²) in [4.78, 5) is 4.61. The Labute approximate surface area is 147 Å². The number of nitrogens with one attached hydrogen (secondary N) is 2. The molecule has 1 fully saturated rings. The predicted molar refractivity (Wildman–Crippen MR) is 99.9 cm³/mol. The molecular formula is C19H23N5O. The van der Waals surface area contributed by atoms with E-state index in [1.807, 2.05) is 18.2 Å². The molecule has 0 saturated carbocycles. The van der Waals surface area contributed by atoms with Gasteiger partial charge in [0.1, 0.15) is 5.84 Å². The van der Waals surface area contributed by atoms with Gasteiger partial charge in [-0.2, -0.15) is 0 Å². The van der Waals surface area contributed by atoms with Crippen LogP contribution in [0.1, 0.15) is 24.3 Å². The second-order valence-electron chi connectivity index (χ2n) is 6.22. The van der Waals surface area contributed by atoms with E-state index in [1.165, 1.54) is 6.20 Å². The van der Waals surface area contributed by atoms with Crippen molar-refractivity contribution in [2.24, 2.45) is 22.4 Å². The molecule has 0 amide bonds. The minimum atomic E-state index is -0.326. The highest BCUT2D eigenvalue weighted by atomic mass is 16.5. The maximum Gasteiger partial charge on any atom is 0.129 e. The van der Waals surface area contributed by atoms with Gasteiger partial charge in [-0.05, 0) is 37.6 Å². The summed E-state index contributed by atoms with van der Waals surface area (Å²) < 4.78 is 0. The molecule has 6 nitrogen and oxygen atoms in total. The lowest BCUT2D eigenvalue weighted by Gasteiger charge is -2.32. The summed E-state index contributed by atoms with van der Waals surface area (Å²) in [6.45, 7) is 1.86. The Bertz CT molecular complexity index is 781. The summed E-state index contributed by atoms with van der Waals surface area (Å²) in [6, 6.07) is 7.41. The van der Waals surface area contributed by atoms with Crippen LogP contribution in [-0.4, -0.2) is 24.1 Å². The fraction of sp³-hybridized carbons (Fsp3) is 0.316. The average molecular weight is 337 g/mol. The molecular weight excluding hydrogens is 314 g/mol. The quantitative estimate of drug-likeness (QED) is 0.426. The first-order chi connectivity index (χ1) is 12.2. The summed E-state index contributed by atoms with van der Waals surface area (Å²) in [7, 11) is 0. The minimum absolute atomic E-state index is 0.266. The molecule has 0 radical (unpaired) electrons. The van der Waals surface area contributed by atoms with Crippen LogP contribution < -0.4 is 22.3 Å². The smallest absolute Gasteiger partial charge is 0.129 e. The summed E-state index contributed by atoms with van der Waals surface area (Å²) in [5.74, 6) is 3.15. The van der Waals surface area contributed by atoms with Gasteiger partial charge >= 0.3 is 0 Å². The number of hydrogen-bond acceptors (Lipinski definition) is 6. The Balaban J connectivity index is 2.17. The Hall–Kier alpha value is -2.75. The summed E-state index contributed by atoms with van der Waals surface area (Å²) in [5, 5.41) is 12.9. The van der Waals surface area contributed by atoms with E-state index in [-0.39, 0.29) is 11.8 Å². The highest BCUT2D eigenvalue weighted by molar-refractivity contribution is 6.01. The second-order valence-corrected chi connectivity index (χ2v) is 6.22. The van der Waals surface area contributed by atoms with Crippen LogP contribution in [0.2, 0.25) is 0 Å². The van der Waals surface area contributed by atoms with Crippen molar-refractivity contribution in [3.05, 3.63) is 52.9 Å². The summed E-state index contributed by atoms with van der Waals surface area (Å²) in [5.41, 5.74) is 18.0. The van der Waals surface area contributed by atoms with E-state index < -0.39 is 0 Å². The second kappa shape index (κ2) is 7.43. The van der Waals surface area contributed by atoms with Crippen molar-refractivity contribution in [2.75, 3.05) is 18.6 Å². The third-order valence-electron chi connectivity index (χ3n) is 4.87. The fourth-order valence-corrected chi connectivity index (χ4v) is 3.62. The first kappa shape index (κ1) is 17.1. The zero-order valence-corrected chi connectivity index (χ0v) is 14.0. The van der Waals surface area contributed by atoms with Crippen LogP contribution in [0.25, 0.3) is 0 Å². The lowest BCUT2D eigenvalue weighted by Crippen LogP contribution is -2.33. The molecule has 1 aromatic rings. The van der Waals surface area contributed by atoms with Crippen molar-refractivity contribution < 1.29 is 5.21 Å². The number of nitrogens with two attached hydrogens (primary N) is 2. The fourth-order valence-electron chi connectivity index (χ4n) is 3.62. The third-order valence-corrected chi connectivity index (χ3v) is 4.87. The molecule has 0 aromatic heterocycles. The number of hydrogen-bond donors (Lipinski definition) is 5.